The number of imidazole rings is 1. The minimum absolute atomic E-state index is 0.00465. The van der Waals surface area contributed by atoms with E-state index in [4.69, 9.17) is 28.2 Å². The molecule has 2 N–H and O–H groups in total. The number of hydrogen-bond acceptors (Lipinski definition) is 4. The molecule has 0 bridgehead atoms. The highest BCUT2D eigenvalue weighted by Crippen LogP contribution is 2.35. The summed E-state index contributed by atoms with van der Waals surface area (Å²) in [5, 5.41) is 6.89. The first kappa shape index (κ1) is 27.1. The highest BCUT2D eigenvalue weighted by Gasteiger charge is 2.32. The number of benzene rings is 1. The summed E-state index contributed by atoms with van der Waals surface area (Å²) in [4.78, 5) is 22.1. The molecule has 1 aromatic carbocycles. The number of hydrogen-bond donors (Lipinski definition) is 2. The second-order valence-corrected chi connectivity index (χ2v) is 11.1. The maximum absolute atomic E-state index is 13.1. The summed E-state index contributed by atoms with van der Waals surface area (Å²) in [7, 11) is 0. The van der Waals surface area contributed by atoms with E-state index >= 15 is 0 Å². The third kappa shape index (κ3) is 6.04. The Labute approximate surface area is 229 Å². The van der Waals surface area contributed by atoms with Crippen molar-refractivity contribution in [3.05, 3.63) is 51.6 Å². The highest BCUT2D eigenvalue weighted by atomic mass is 35.5. The monoisotopic (exact) mass is 567 g/mol. The average molecular weight is 568 g/mol. The molecule has 6 nitrogen and oxygen atoms in total. The highest BCUT2D eigenvalue weighted by molar-refractivity contribution is 6.33. The number of amides is 1. The van der Waals surface area contributed by atoms with Gasteiger partial charge in [0.05, 0.1) is 16.1 Å². The maximum Gasteiger partial charge on any atom is 0.416 e. The fourth-order valence-corrected chi connectivity index (χ4v) is 5.99. The molecular formula is C27H30Cl2F3N5O. The number of rotatable bonds is 6. The van der Waals surface area contributed by atoms with Gasteiger partial charge in [-0.3, -0.25) is 9.36 Å². The van der Waals surface area contributed by atoms with Crippen LogP contribution in [0.25, 0.3) is 11.2 Å². The summed E-state index contributed by atoms with van der Waals surface area (Å²) in [6.07, 6.45) is 4.51. The zero-order chi connectivity index (χ0) is 26.9. The van der Waals surface area contributed by atoms with Crippen LogP contribution < -0.4 is 10.6 Å². The van der Waals surface area contributed by atoms with E-state index in [1.54, 1.807) is 6.07 Å². The van der Waals surface area contributed by atoms with Crippen molar-refractivity contribution in [1.82, 2.24) is 19.9 Å². The minimum atomic E-state index is -4.54. The quantitative estimate of drug-likeness (QED) is 0.300. The van der Waals surface area contributed by atoms with Crippen LogP contribution in [0.1, 0.15) is 79.8 Å². The molecule has 2 heterocycles. The van der Waals surface area contributed by atoms with Crippen LogP contribution in [0.2, 0.25) is 10.2 Å². The van der Waals surface area contributed by atoms with E-state index in [-0.39, 0.29) is 16.6 Å². The third-order valence-electron chi connectivity index (χ3n) is 7.71. The van der Waals surface area contributed by atoms with Crippen LogP contribution in [0, 0.1) is 5.92 Å². The first-order chi connectivity index (χ1) is 18.2. The van der Waals surface area contributed by atoms with Crippen LogP contribution >= 0.6 is 23.2 Å². The molecule has 0 unspecified atom stereocenters. The lowest BCUT2D eigenvalue weighted by molar-refractivity contribution is -0.137. The van der Waals surface area contributed by atoms with Gasteiger partial charge >= 0.3 is 6.18 Å². The standard InChI is InChI=1S/C27H30Cl2F3N5O/c28-21-11-8-17(27(30,31)32)14-20(21)25(38)34-18-9-6-16(7-10-18)15-33-26-35-22-12-13-23(29)36-24(22)37(26)19-4-2-1-3-5-19/h8,11-14,16,18-19H,1-7,9-10,15H2,(H,33,35)(H,34,38). The number of fused-ring (bicyclic) bond motifs is 1. The molecule has 5 rings (SSSR count). The molecular weight excluding hydrogens is 538 g/mol. The van der Waals surface area contributed by atoms with E-state index in [2.05, 4.69) is 20.2 Å². The number of nitrogens with zero attached hydrogens (tertiary/aromatic N) is 3. The zero-order valence-corrected chi connectivity index (χ0v) is 22.3. The normalized spacial score (nSPS) is 21.0. The van der Waals surface area contributed by atoms with E-state index in [0.29, 0.717) is 17.1 Å². The van der Waals surface area contributed by atoms with Gasteiger partial charge in [0, 0.05) is 18.6 Å². The van der Waals surface area contributed by atoms with Crippen LogP contribution in [0.4, 0.5) is 19.1 Å². The van der Waals surface area contributed by atoms with E-state index in [0.717, 1.165) is 80.4 Å². The molecule has 0 aliphatic heterocycles. The molecule has 2 fully saturated rings. The predicted molar refractivity (Wildman–Crippen MR) is 143 cm³/mol. The molecule has 2 aromatic heterocycles. The van der Waals surface area contributed by atoms with Crippen molar-refractivity contribution in [2.45, 2.75) is 76.0 Å². The minimum Gasteiger partial charge on any atom is -0.355 e. The summed E-state index contributed by atoms with van der Waals surface area (Å²) >= 11 is 12.2. The number of aromatic nitrogens is 3. The molecule has 2 aliphatic carbocycles. The lowest BCUT2D eigenvalue weighted by Gasteiger charge is -2.30. The van der Waals surface area contributed by atoms with Gasteiger partial charge in [-0.15, -0.1) is 0 Å². The molecule has 0 radical (unpaired) electrons. The van der Waals surface area contributed by atoms with Gasteiger partial charge in [-0.2, -0.15) is 13.2 Å². The van der Waals surface area contributed by atoms with Gasteiger partial charge in [0.1, 0.15) is 10.7 Å². The first-order valence-electron chi connectivity index (χ1n) is 13.1. The molecule has 0 saturated heterocycles. The largest absolute Gasteiger partial charge is 0.416 e. The topological polar surface area (TPSA) is 71.8 Å². The number of halogens is 5. The SMILES string of the molecule is O=C(NC1CCC(CNc2nc3ccc(Cl)nc3n2C2CCCCC2)CC1)c1cc(C(F)(F)F)ccc1Cl. The maximum atomic E-state index is 13.1. The van der Waals surface area contributed by atoms with Crippen molar-refractivity contribution in [3.8, 4) is 0 Å². The van der Waals surface area contributed by atoms with E-state index in [9.17, 15) is 18.0 Å². The first-order valence-corrected chi connectivity index (χ1v) is 13.9. The Hall–Kier alpha value is -2.52. The number of anilines is 1. The molecule has 1 amide bonds. The Kier molecular flexibility index (Phi) is 8.05. The molecule has 204 valence electrons. The molecule has 2 aliphatic rings. The van der Waals surface area contributed by atoms with Crippen LogP contribution in [0.15, 0.2) is 30.3 Å². The van der Waals surface area contributed by atoms with Crippen molar-refractivity contribution in [2.24, 2.45) is 5.92 Å². The van der Waals surface area contributed by atoms with Gasteiger partial charge in [-0.25, -0.2) is 9.97 Å². The zero-order valence-electron chi connectivity index (χ0n) is 20.8. The van der Waals surface area contributed by atoms with Crippen molar-refractivity contribution in [3.63, 3.8) is 0 Å². The predicted octanol–water partition coefficient (Wildman–Crippen LogP) is 7.66. The van der Waals surface area contributed by atoms with Gasteiger partial charge in [0.15, 0.2) is 5.65 Å². The fraction of sp³-hybridized carbons (Fsp3) is 0.519. The van der Waals surface area contributed by atoms with Gasteiger partial charge in [0.25, 0.3) is 5.91 Å². The molecule has 11 heteroatoms. The summed E-state index contributed by atoms with van der Waals surface area (Å²) < 4.78 is 41.4. The second kappa shape index (κ2) is 11.3. The summed E-state index contributed by atoms with van der Waals surface area (Å²) in [5.74, 6) is 0.628. The van der Waals surface area contributed by atoms with E-state index < -0.39 is 17.6 Å². The van der Waals surface area contributed by atoms with Crippen LogP contribution in [0.3, 0.4) is 0 Å². The van der Waals surface area contributed by atoms with Gasteiger partial charge in [-0.1, -0.05) is 42.5 Å². The molecule has 0 atom stereocenters. The number of alkyl halides is 3. The van der Waals surface area contributed by atoms with Gasteiger partial charge < -0.3 is 10.6 Å². The Morgan fingerprint density at radius 2 is 1.71 bits per heavy atom. The molecule has 3 aromatic rings. The van der Waals surface area contributed by atoms with E-state index in [1.807, 2.05) is 6.07 Å². The van der Waals surface area contributed by atoms with Crippen LogP contribution in [-0.4, -0.2) is 33.0 Å². The number of carbonyl (C=O) groups is 1. The van der Waals surface area contributed by atoms with Crippen molar-refractivity contribution >= 4 is 46.2 Å². The fourth-order valence-electron chi connectivity index (χ4n) is 5.65. The smallest absolute Gasteiger partial charge is 0.355 e. The summed E-state index contributed by atoms with van der Waals surface area (Å²) in [5.41, 5.74) is 0.591. The Morgan fingerprint density at radius 3 is 2.42 bits per heavy atom. The molecule has 0 spiro atoms. The number of nitrogens with one attached hydrogen (secondary N) is 2. The van der Waals surface area contributed by atoms with E-state index in [1.165, 1.54) is 19.3 Å². The number of carbonyl (C=O) groups excluding carboxylic acids is 1. The van der Waals surface area contributed by atoms with Crippen molar-refractivity contribution < 1.29 is 18.0 Å². The number of pyridine rings is 1. The lowest BCUT2D eigenvalue weighted by Crippen LogP contribution is -2.38. The van der Waals surface area contributed by atoms with Gasteiger partial charge in [0.2, 0.25) is 5.95 Å². The summed E-state index contributed by atoms with van der Waals surface area (Å²) in [6.45, 7) is 0.740. The van der Waals surface area contributed by atoms with Gasteiger partial charge in [-0.05, 0) is 74.8 Å². The molecule has 38 heavy (non-hydrogen) atoms. The Bertz CT molecular complexity index is 1300. The Balaban J connectivity index is 1.19. The average Bonchev–Trinajstić information content (AvgIpc) is 3.25. The Morgan fingerprint density at radius 1 is 0.974 bits per heavy atom. The summed E-state index contributed by atoms with van der Waals surface area (Å²) in [6, 6.07) is 6.70. The third-order valence-corrected chi connectivity index (χ3v) is 8.25. The molecule has 2 saturated carbocycles. The lowest BCUT2D eigenvalue weighted by atomic mass is 9.86. The van der Waals surface area contributed by atoms with Crippen molar-refractivity contribution in [1.29, 1.82) is 0 Å². The van der Waals surface area contributed by atoms with Crippen LogP contribution in [0.5, 0.6) is 0 Å². The van der Waals surface area contributed by atoms with Crippen molar-refractivity contribution in [2.75, 3.05) is 11.9 Å². The second-order valence-electron chi connectivity index (χ2n) is 10.3. The van der Waals surface area contributed by atoms with Crippen LogP contribution in [-0.2, 0) is 6.18 Å².